The molecule has 0 amide bonds. The molecule has 1 heterocycles. The number of hydrogen-bond donors (Lipinski definition) is 2. The van der Waals surface area contributed by atoms with E-state index in [2.05, 4.69) is 20.6 Å². The second kappa shape index (κ2) is 8.74. The molecular weight excluding hydrogens is 328 g/mol. The van der Waals surface area contributed by atoms with Crippen molar-refractivity contribution in [2.45, 2.75) is 51.5 Å². The Morgan fingerprint density at radius 1 is 0.923 bits per heavy atom. The summed E-state index contributed by atoms with van der Waals surface area (Å²) in [6.07, 6.45) is 7.66. The SMILES string of the molecule is COc1ccc(Nc2cc(NC3CCCCCC3)nc(C)n2)c(OC)c1. The van der Waals surface area contributed by atoms with Crippen LogP contribution in [-0.4, -0.2) is 30.2 Å². The lowest BCUT2D eigenvalue weighted by Crippen LogP contribution is -2.19. The number of nitrogens with one attached hydrogen (secondary N) is 2. The van der Waals surface area contributed by atoms with E-state index in [9.17, 15) is 0 Å². The lowest BCUT2D eigenvalue weighted by Gasteiger charge is -2.18. The molecular formula is C20H28N4O2. The summed E-state index contributed by atoms with van der Waals surface area (Å²) < 4.78 is 10.7. The van der Waals surface area contributed by atoms with Crippen LogP contribution in [-0.2, 0) is 0 Å². The van der Waals surface area contributed by atoms with Gasteiger partial charge in [-0.15, -0.1) is 0 Å². The summed E-state index contributed by atoms with van der Waals surface area (Å²) in [5.41, 5.74) is 0.840. The highest BCUT2D eigenvalue weighted by molar-refractivity contribution is 5.67. The van der Waals surface area contributed by atoms with Crippen LogP contribution in [0.15, 0.2) is 24.3 Å². The number of aryl methyl sites for hydroxylation is 1. The van der Waals surface area contributed by atoms with Gasteiger partial charge in [0.2, 0.25) is 0 Å². The third-order valence-corrected chi connectivity index (χ3v) is 4.72. The predicted molar refractivity (Wildman–Crippen MR) is 105 cm³/mol. The van der Waals surface area contributed by atoms with E-state index in [1.165, 1.54) is 38.5 Å². The number of hydrogen-bond acceptors (Lipinski definition) is 6. The molecule has 0 bridgehead atoms. The lowest BCUT2D eigenvalue weighted by molar-refractivity contribution is 0.395. The van der Waals surface area contributed by atoms with Crippen LogP contribution in [0.4, 0.5) is 17.3 Å². The first-order chi connectivity index (χ1) is 12.7. The van der Waals surface area contributed by atoms with Crippen LogP contribution < -0.4 is 20.1 Å². The van der Waals surface area contributed by atoms with Crippen molar-refractivity contribution in [3.63, 3.8) is 0 Å². The quantitative estimate of drug-likeness (QED) is 0.733. The van der Waals surface area contributed by atoms with Crippen LogP contribution in [0.5, 0.6) is 11.5 Å². The molecule has 0 unspecified atom stereocenters. The number of methoxy groups -OCH3 is 2. The zero-order valence-electron chi connectivity index (χ0n) is 15.8. The molecule has 1 aliphatic rings. The molecule has 1 aliphatic carbocycles. The van der Waals surface area contributed by atoms with E-state index in [0.29, 0.717) is 11.8 Å². The molecule has 1 saturated carbocycles. The molecule has 2 N–H and O–H groups in total. The van der Waals surface area contributed by atoms with Crippen molar-refractivity contribution in [2.24, 2.45) is 0 Å². The maximum Gasteiger partial charge on any atom is 0.146 e. The number of anilines is 3. The summed E-state index contributed by atoms with van der Waals surface area (Å²) in [4.78, 5) is 9.07. The van der Waals surface area contributed by atoms with Gasteiger partial charge >= 0.3 is 0 Å². The van der Waals surface area contributed by atoms with Crippen molar-refractivity contribution >= 4 is 17.3 Å². The van der Waals surface area contributed by atoms with E-state index in [1.807, 2.05) is 31.2 Å². The third-order valence-electron chi connectivity index (χ3n) is 4.72. The summed E-state index contributed by atoms with van der Waals surface area (Å²) in [6, 6.07) is 8.12. The fourth-order valence-electron chi connectivity index (χ4n) is 3.38. The van der Waals surface area contributed by atoms with Crippen molar-refractivity contribution in [3.8, 4) is 11.5 Å². The Morgan fingerprint density at radius 2 is 1.65 bits per heavy atom. The fourth-order valence-corrected chi connectivity index (χ4v) is 3.38. The van der Waals surface area contributed by atoms with Gasteiger partial charge in [-0.1, -0.05) is 25.7 Å². The normalized spacial score (nSPS) is 15.2. The standard InChI is InChI=1S/C20H28N4O2/c1-14-21-19(23-15-8-6-4-5-7-9-15)13-20(22-14)24-17-11-10-16(25-2)12-18(17)26-3/h10-13,15H,4-9H2,1-3H3,(H2,21,22,23,24). The number of nitrogens with zero attached hydrogens (tertiary/aromatic N) is 2. The highest BCUT2D eigenvalue weighted by atomic mass is 16.5. The van der Waals surface area contributed by atoms with Crippen LogP contribution >= 0.6 is 0 Å². The van der Waals surface area contributed by atoms with Crippen LogP contribution in [0.1, 0.15) is 44.3 Å². The number of ether oxygens (including phenoxy) is 2. The minimum atomic E-state index is 0.496. The number of benzene rings is 1. The molecule has 0 atom stereocenters. The molecule has 1 aromatic carbocycles. The summed E-state index contributed by atoms with van der Waals surface area (Å²) in [6.45, 7) is 1.91. The van der Waals surface area contributed by atoms with Crippen LogP contribution in [0.25, 0.3) is 0 Å². The van der Waals surface area contributed by atoms with Crippen molar-refractivity contribution in [1.29, 1.82) is 0 Å². The van der Waals surface area contributed by atoms with Crippen LogP contribution in [0.2, 0.25) is 0 Å². The molecule has 26 heavy (non-hydrogen) atoms. The van der Waals surface area contributed by atoms with Gasteiger partial charge in [-0.2, -0.15) is 0 Å². The molecule has 0 saturated heterocycles. The molecule has 6 heteroatoms. The Kier molecular flexibility index (Phi) is 6.15. The van der Waals surface area contributed by atoms with Gasteiger partial charge in [0.15, 0.2) is 0 Å². The van der Waals surface area contributed by atoms with Gasteiger partial charge in [0.05, 0.1) is 19.9 Å². The Balaban J connectivity index is 1.77. The second-order valence-electron chi connectivity index (χ2n) is 6.71. The topological polar surface area (TPSA) is 68.3 Å². The molecule has 140 valence electrons. The monoisotopic (exact) mass is 356 g/mol. The van der Waals surface area contributed by atoms with E-state index in [4.69, 9.17) is 9.47 Å². The van der Waals surface area contributed by atoms with Gasteiger partial charge in [0, 0.05) is 18.2 Å². The highest BCUT2D eigenvalue weighted by Crippen LogP contribution is 2.31. The molecule has 0 aliphatic heterocycles. The van der Waals surface area contributed by atoms with Crippen molar-refractivity contribution < 1.29 is 9.47 Å². The maximum absolute atomic E-state index is 5.45. The highest BCUT2D eigenvalue weighted by Gasteiger charge is 2.14. The average Bonchev–Trinajstić information content (AvgIpc) is 2.90. The maximum atomic E-state index is 5.45. The first-order valence-electron chi connectivity index (χ1n) is 9.29. The zero-order valence-corrected chi connectivity index (χ0v) is 15.8. The molecule has 3 rings (SSSR count). The van der Waals surface area contributed by atoms with Gasteiger partial charge in [0.25, 0.3) is 0 Å². The van der Waals surface area contributed by atoms with E-state index >= 15 is 0 Å². The Labute approximate surface area is 155 Å². The summed E-state index contributed by atoms with van der Waals surface area (Å²) in [7, 11) is 3.28. The molecule has 6 nitrogen and oxygen atoms in total. The Morgan fingerprint density at radius 3 is 2.35 bits per heavy atom. The van der Waals surface area contributed by atoms with E-state index in [-0.39, 0.29) is 0 Å². The van der Waals surface area contributed by atoms with E-state index in [0.717, 1.165) is 28.9 Å². The molecule has 1 aromatic heterocycles. The minimum Gasteiger partial charge on any atom is -0.497 e. The van der Waals surface area contributed by atoms with E-state index < -0.39 is 0 Å². The summed E-state index contributed by atoms with van der Waals surface area (Å²) >= 11 is 0. The number of aromatic nitrogens is 2. The fraction of sp³-hybridized carbons (Fsp3) is 0.500. The smallest absolute Gasteiger partial charge is 0.146 e. The third kappa shape index (κ3) is 4.77. The van der Waals surface area contributed by atoms with Crippen LogP contribution in [0, 0.1) is 6.92 Å². The van der Waals surface area contributed by atoms with Crippen molar-refractivity contribution in [3.05, 3.63) is 30.1 Å². The van der Waals surface area contributed by atoms with Gasteiger partial charge in [-0.3, -0.25) is 0 Å². The van der Waals surface area contributed by atoms with Gasteiger partial charge in [-0.05, 0) is 31.9 Å². The molecule has 0 radical (unpaired) electrons. The number of rotatable bonds is 6. The summed E-state index contributed by atoms with van der Waals surface area (Å²) in [5.74, 6) is 3.82. The average molecular weight is 356 g/mol. The minimum absolute atomic E-state index is 0.496. The second-order valence-corrected chi connectivity index (χ2v) is 6.71. The molecule has 1 fully saturated rings. The van der Waals surface area contributed by atoms with Gasteiger partial charge in [-0.25, -0.2) is 9.97 Å². The Bertz CT molecular complexity index is 728. The molecule has 0 spiro atoms. The van der Waals surface area contributed by atoms with Gasteiger partial charge < -0.3 is 20.1 Å². The zero-order chi connectivity index (χ0) is 18.4. The Hall–Kier alpha value is -2.50. The predicted octanol–water partition coefficient (Wildman–Crippen LogP) is 4.68. The lowest BCUT2D eigenvalue weighted by atomic mass is 10.1. The largest absolute Gasteiger partial charge is 0.497 e. The van der Waals surface area contributed by atoms with Gasteiger partial charge in [0.1, 0.15) is 29.0 Å². The van der Waals surface area contributed by atoms with Crippen LogP contribution in [0.3, 0.4) is 0 Å². The van der Waals surface area contributed by atoms with E-state index in [1.54, 1.807) is 14.2 Å². The first-order valence-corrected chi connectivity index (χ1v) is 9.29. The molecule has 2 aromatic rings. The van der Waals surface area contributed by atoms with Crippen molar-refractivity contribution in [2.75, 3.05) is 24.9 Å². The first kappa shape index (κ1) is 18.3. The van der Waals surface area contributed by atoms with Crippen molar-refractivity contribution in [1.82, 2.24) is 9.97 Å². The summed E-state index contributed by atoms with van der Waals surface area (Å²) in [5, 5.41) is 6.93.